The molecule has 12 rings (SSSR count). The largest absolute Gasteiger partial charge is 0.456 e. The van der Waals surface area contributed by atoms with Crippen LogP contribution in [0.1, 0.15) is 11.1 Å². The summed E-state index contributed by atoms with van der Waals surface area (Å²) in [4.78, 5) is 0. The Labute approximate surface area is 255 Å². The average Bonchev–Trinajstić information content (AvgIpc) is 3.84. The number of furan rings is 1. The van der Waals surface area contributed by atoms with E-state index < -0.39 is 5.66 Å². The summed E-state index contributed by atoms with van der Waals surface area (Å²) in [5, 5.41) is 4.74. The molecule has 6 nitrogen and oxygen atoms in total. The van der Waals surface area contributed by atoms with Crippen molar-refractivity contribution in [2.75, 3.05) is 0 Å². The summed E-state index contributed by atoms with van der Waals surface area (Å²) in [7, 11) is 0. The van der Waals surface area contributed by atoms with Crippen LogP contribution in [0.2, 0.25) is 0 Å². The summed E-state index contributed by atoms with van der Waals surface area (Å²) >= 11 is 0. The van der Waals surface area contributed by atoms with Crippen molar-refractivity contribution < 1.29 is 18.4 Å². The Hall–Kier alpha value is -6.14. The number of fused-ring (bicyclic) bond motifs is 10. The molecule has 1 unspecified atom stereocenters. The van der Waals surface area contributed by atoms with Crippen LogP contribution in [0.5, 0.6) is 11.5 Å². The molecule has 1 atom stereocenters. The number of rotatable bonds is 1. The molecule has 7 heterocycles. The van der Waals surface area contributed by atoms with Crippen LogP contribution in [-0.4, -0.2) is 9.25 Å². The van der Waals surface area contributed by atoms with Crippen molar-refractivity contribution in [3.05, 3.63) is 145 Å². The van der Waals surface area contributed by atoms with Gasteiger partial charge in [-0.15, -0.1) is 4.68 Å². The molecule has 0 amide bonds. The summed E-state index contributed by atoms with van der Waals surface area (Å²) in [6.07, 6.45) is 6.76. The molecule has 45 heavy (non-hydrogen) atoms. The van der Waals surface area contributed by atoms with Gasteiger partial charge in [0.2, 0.25) is 6.20 Å². The minimum atomic E-state index is -0.693. The van der Waals surface area contributed by atoms with Crippen LogP contribution < -0.4 is 14.0 Å². The van der Waals surface area contributed by atoms with Crippen molar-refractivity contribution in [1.29, 1.82) is 0 Å². The molecule has 5 aromatic carbocycles. The molecule has 1 spiro atoms. The lowest BCUT2D eigenvalue weighted by molar-refractivity contribution is -0.993. The van der Waals surface area contributed by atoms with E-state index in [1.165, 1.54) is 21.8 Å². The van der Waals surface area contributed by atoms with Gasteiger partial charge < -0.3 is 9.15 Å². The molecule has 4 aromatic heterocycles. The summed E-state index contributed by atoms with van der Waals surface area (Å²) in [6.45, 7) is 0. The first-order valence-corrected chi connectivity index (χ1v) is 15.3. The number of ether oxygens (including phenoxy) is 1. The molecular formula is C39H22N4O2+2. The van der Waals surface area contributed by atoms with Crippen LogP contribution in [0.3, 0.4) is 0 Å². The maximum atomic E-state index is 6.77. The minimum Gasteiger partial charge on any atom is -0.456 e. The highest BCUT2D eigenvalue weighted by molar-refractivity contribution is 6.11. The predicted molar refractivity (Wildman–Crippen MR) is 171 cm³/mol. The number of benzene rings is 5. The minimum absolute atomic E-state index is 0.693. The van der Waals surface area contributed by atoms with Crippen molar-refractivity contribution in [2.24, 2.45) is 0 Å². The maximum absolute atomic E-state index is 6.77. The SMILES string of the molecule is c1cc2c3c(c1)-n1cc(-c4ccc5c(c4)oc4ccccc45)c[n+]1C31c3c(ccc4c5ccccc5n(c34)-c3cccc[n+]31)O2. The molecule has 3 aliphatic heterocycles. The second-order valence-electron chi connectivity index (χ2n) is 12.3. The summed E-state index contributed by atoms with van der Waals surface area (Å²) < 4.78 is 22.6. The zero-order valence-corrected chi connectivity index (χ0v) is 23.8. The highest BCUT2D eigenvalue weighted by atomic mass is 16.5. The second-order valence-corrected chi connectivity index (χ2v) is 12.3. The van der Waals surface area contributed by atoms with Crippen LogP contribution in [0.4, 0.5) is 0 Å². The van der Waals surface area contributed by atoms with Gasteiger partial charge in [0.05, 0.1) is 18.0 Å². The quantitative estimate of drug-likeness (QED) is 0.187. The zero-order chi connectivity index (χ0) is 29.0. The standard InChI is InChI=1S/C39H22N4O2/c1-3-10-29-25(8-1)28-17-18-33-37-38(28)43(29)35-14-5-6-19-40(35)39(37)36-30(11-7-13-32(36)45-33)41-21-24(22-42(39)41)23-15-16-27-26-9-2-4-12-31(26)44-34(27)20-23/h1-22H/q+2. The number of hydrogen-bond donors (Lipinski definition) is 0. The van der Waals surface area contributed by atoms with Crippen molar-refractivity contribution in [3.63, 3.8) is 0 Å². The van der Waals surface area contributed by atoms with E-state index in [0.29, 0.717) is 0 Å². The van der Waals surface area contributed by atoms with Crippen molar-refractivity contribution in [1.82, 2.24) is 9.25 Å². The third-order valence-corrected chi connectivity index (χ3v) is 10.2. The van der Waals surface area contributed by atoms with E-state index in [0.717, 1.165) is 67.2 Å². The fraction of sp³-hybridized carbons (Fsp3) is 0.0256. The molecule has 0 bridgehead atoms. The highest BCUT2D eigenvalue weighted by Crippen LogP contribution is 2.55. The third kappa shape index (κ3) is 2.39. The molecule has 0 saturated carbocycles. The van der Waals surface area contributed by atoms with Crippen LogP contribution >= 0.6 is 0 Å². The van der Waals surface area contributed by atoms with Gasteiger partial charge in [0.15, 0.2) is 11.1 Å². The number of hydrogen-bond acceptors (Lipinski definition) is 2. The summed E-state index contributed by atoms with van der Waals surface area (Å²) in [6, 6.07) is 40.8. The molecule has 0 N–H and O–H groups in total. The van der Waals surface area contributed by atoms with E-state index in [1.54, 1.807) is 0 Å². The number of nitrogens with zero attached hydrogens (tertiary/aromatic N) is 4. The van der Waals surface area contributed by atoms with Crippen molar-refractivity contribution in [2.45, 2.75) is 5.66 Å². The van der Waals surface area contributed by atoms with E-state index >= 15 is 0 Å². The van der Waals surface area contributed by atoms with Gasteiger partial charge >= 0.3 is 5.66 Å². The highest BCUT2D eigenvalue weighted by Gasteiger charge is 2.68. The van der Waals surface area contributed by atoms with Crippen molar-refractivity contribution >= 4 is 43.7 Å². The average molecular weight is 579 g/mol. The van der Waals surface area contributed by atoms with Gasteiger partial charge in [-0.1, -0.05) is 53.2 Å². The predicted octanol–water partition coefficient (Wildman–Crippen LogP) is 7.75. The lowest BCUT2D eigenvalue weighted by Crippen LogP contribution is -2.76. The Kier molecular flexibility index (Phi) is 3.64. The van der Waals surface area contributed by atoms with E-state index in [4.69, 9.17) is 9.15 Å². The molecule has 0 aliphatic carbocycles. The molecule has 0 saturated heterocycles. The van der Waals surface area contributed by atoms with E-state index in [9.17, 15) is 0 Å². The fourth-order valence-corrected chi connectivity index (χ4v) is 8.47. The monoisotopic (exact) mass is 578 g/mol. The van der Waals surface area contributed by atoms with Gasteiger partial charge in [-0.25, -0.2) is 0 Å². The first-order valence-electron chi connectivity index (χ1n) is 15.3. The maximum Gasteiger partial charge on any atom is 0.397 e. The Bertz CT molecular complexity index is 2820. The second kappa shape index (κ2) is 7.31. The Morgan fingerprint density at radius 1 is 0.622 bits per heavy atom. The van der Waals surface area contributed by atoms with Gasteiger partial charge in [0, 0.05) is 27.6 Å². The molecule has 3 aliphatic rings. The molecular weight excluding hydrogens is 556 g/mol. The first-order chi connectivity index (χ1) is 22.3. The van der Waals surface area contributed by atoms with Gasteiger partial charge in [-0.05, 0) is 66.2 Å². The Morgan fingerprint density at radius 3 is 2.42 bits per heavy atom. The summed E-state index contributed by atoms with van der Waals surface area (Å²) in [5.41, 5.74) is 9.13. The lowest BCUT2D eigenvalue weighted by Gasteiger charge is -2.32. The molecule has 0 fully saturated rings. The zero-order valence-electron chi connectivity index (χ0n) is 23.8. The topological polar surface area (TPSA) is 40.0 Å². The van der Waals surface area contributed by atoms with Gasteiger partial charge in [-0.2, -0.15) is 9.13 Å². The van der Waals surface area contributed by atoms with E-state index in [2.05, 4.69) is 140 Å². The Morgan fingerprint density at radius 2 is 1.44 bits per heavy atom. The van der Waals surface area contributed by atoms with Crippen LogP contribution in [0.25, 0.3) is 66.4 Å². The van der Waals surface area contributed by atoms with Crippen LogP contribution in [0.15, 0.2) is 138 Å². The fourth-order valence-electron chi connectivity index (χ4n) is 8.47. The lowest BCUT2D eigenvalue weighted by atomic mass is 9.84. The Balaban J connectivity index is 1.22. The van der Waals surface area contributed by atoms with E-state index in [1.807, 2.05) is 12.1 Å². The number of pyridine rings is 1. The molecule has 9 aromatic rings. The van der Waals surface area contributed by atoms with E-state index in [-0.39, 0.29) is 0 Å². The number of aromatic nitrogens is 4. The molecule has 6 heteroatoms. The number of para-hydroxylation sites is 2. The third-order valence-electron chi connectivity index (χ3n) is 10.2. The van der Waals surface area contributed by atoms with Crippen LogP contribution in [-0.2, 0) is 5.66 Å². The summed E-state index contributed by atoms with van der Waals surface area (Å²) in [5.74, 6) is 2.88. The molecule has 208 valence electrons. The van der Waals surface area contributed by atoms with Gasteiger partial charge in [-0.3, -0.25) is 0 Å². The normalized spacial score (nSPS) is 16.7. The molecule has 0 radical (unpaired) electrons. The van der Waals surface area contributed by atoms with Crippen LogP contribution in [0, 0.1) is 0 Å². The van der Waals surface area contributed by atoms with Gasteiger partial charge in [0.25, 0.3) is 5.82 Å². The first kappa shape index (κ1) is 22.4. The van der Waals surface area contributed by atoms with Crippen molar-refractivity contribution in [3.8, 4) is 34.1 Å². The smallest absolute Gasteiger partial charge is 0.397 e. The van der Waals surface area contributed by atoms with Gasteiger partial charge in [0.1, 0.15) is 39.4 Å².